The van der Waals surface area contributed by atoms with Gasteiger partial charge in [-0.2, -0.15) is 10.2 Å². The van der Waals surface area contributed by atoms with E-state index in [0.29, 0.717) is 12.5 Å². The second-order valence-electron chi connectivity index (χ2n) is 7.29. The van der Waals surface area contributed by atoms with Crippen molar-refractivity contribution in [3.8, 4) is 11.1 Å². The van der Waals surface area contributed by atoms with E-state index in [-0.39, 0.29) is 11.8 Å². The average Bonchev–Trinajstić information content (AvgIpc) is 3.40. The van der Waals surface area contributed by atoms with Gasteiger partial charge in [-0.25, -0.2) is 0 Å². The van der Waals surface area contributed by atoms with Crippen molar-refractivity contribution in [1.82, 2.24) is 24.9 Å². The third-order valence-electron chi connectivity index (χ3n) is 5.41. The molecule has 140 valence electrons. The Bertz CT molecular complexity index is 863. The fourth-order valence-corrected chi connectivity index (χ4v) is 3.92. The molecule has 1 amide bonds. The number of nitrogens with one attached hydrogen (secondary N) is 1. The Balaban J connectivity index is 1.38. The number of benzene rings is 1. The number of H-pyrrole nitrogens is 1. The predicted octanol–water partition coefficient (Wildman–Crippen LogP) is 3.32. The zero-order valence-electron chi connectivity index (χ0n) is 15.6. The fraction of sp³-hybridized carbons (Fsp3) is 0.381. The van der Waals surface area contributed by atoms with E-state index >= 15 is 0 Å². The van der Waals surface area contributed by atoms with E-state index in [4.69, 9.17) is 0 Å². The van der Waals surface area contributed by atoms with Gasteiger partial charge in [0.25, 0.3) is 0 Å². The Hall–Kier alpha value is -2.89. The van der Waals surface area contributed by atoms with Gasteiger partial charge in [-0.1, -0.05) is 37.3 Å². The van der Waals surface area contributed by atoms with Crippen molar-refractivity contribution in [2.45, 2.75) is 32.2 Å². The molecule has 2 aromatic heterocycles. The maximum absolute atomic E-state index is 12.8. The molecular weight excluding hydrogens is 338 g/mol. The third-order valence-corrected chi connectivity index (χ3v) is 5.41. The number of hydrogen-bond donors (Lipinski definition) is 1. The molecule has 1 aliphatic rings. The van der Waals surface area contributed by atoms with Crippen LogP contribution in [0.2, 0.25) is 0 Å². The van der Waals surface area contributed by atoms with Gasteiger partial charge in [0.15, 0.2) is 0 Å². The minimum atomic E-state index is -0.0616. The van der Waals surface area contributed by atoms with Gasteiger partial charge in [0.2, 0.25) is 5.91 Å². The normalized spacial score (nSPS) is 16.4. The highest BCUT2D eigenvalue weighted by molar-refractivity contribution is 5.78. The molecule has 27 heavy (non-hydrogen) atoms. The summed E-state index contributed by atoms with van der Waals surface area (Å²) in [6, 6.07) is 12.2. The van der Waals surface area contributed by atoms with Crippen LogP contribution in [0, 0.1) is 5.92 Å². The van der Waals surface area contributed by atoms with Crippen LogP contribution in [-0.4, -0.2) is 43.9 Å². The van der Waals surface area contributed by atoms with E-state index in [1.54, 1.807) is 6.20 Å². The van der Waals surface area contributed by atoms with E-state index in [2.05, 4.69) is 27.4 Å². The quantitative estimate of drug-likeness (QED) is 0.756. The fourth-order valence-electron chi connectivity index (χ4n) is 3.92. The first-order valence-electron chi connectivity index (χ1n) is 9.57. The van der Waals surface area contributed by atoms with Crippen molar-refractivity contribution in [3.63, 3.8) is 0 Å². The van der Waals surface area contributed by atoms with Gasteiger partial charge in [-0.05, 0) is 24.5 Å². The molecule has 0 bridgehead atoms. The summed E-state index contributed by atoms with van der Waals surface area (Å²) in [6.07, 6.45) is 7.48. The SMILES string of the molecule is C[C@@H](Cn1cccn1)C(=O)N1CCC(c2[nH]ncc2-c2ccccc2)CC1. The van der Waals surface area contributed by atoms with Crippen molar-refractivity contribution in [1.29, 1.82) is 0 Å². The van der Waals surface area contributed by atoms with Crippen LogP contribution in [0.5, 0.6) is 0 Å². The molecule has 1 atom stereocenters. The Kier molecular flexibility index (Phi) is 5.05. The van der Waals surface area contributed by atoms with Crippen molar-refractivity contribution < 1.29 is 4.79 Å². The molecule has 3 heterocycles. The van der Waals surface area contributed by atoms with Gasteiger partial charge in [-0.3, -0.25) is 14.6 Å². The van der Waals surface area contributed by atoms with Crippen LogP contribution in [0.15, 0.2) is 55.0 Å². The zero-order chi connectivity index (χ0) is 18.6. The maximum atomic E-state index is 12.8. The molecule has 1 aliphatic heterocycles. The summed E-state index contributed by atoms with van der Waals surface area (Å²) in [4.78, 5) is 14.8. The van der Waals surface area contributed by atoms with E-state index in [0.717, 1.165) is 25.9 Å². The molecule has 1 aromatic carbocycles. The molecule has 0 saturated carbocycles. The van der Waals surface area contributed by atoms with Crippen molar-refractivity contribution in [3.05, 3.63) is 60.7 Å². The van der Waals surface area contributed by atoms with Crippen LogP contribution in [0.3, 0.4) is 0 Å². The molecule has 6 heteroatoms. The number of rotatable bonds is 5. The highest BCUT2D eigenvalue weighted by Crippen LogP contribution is 2.34. The van der Waals surface area contributed by atoms with Crippen molar-refractivity contribution in [2.75, 3.05) is 13.1 Å². The van der Waals surface area contributed by atoms with E-state index < -0.39 is 0 Å². The van der Waals surface area contributed by atoms with Crippen LogP contribution < -0.4 is 0 Å². The molecule has 0 unspecified atom stereocenters. The lowest BCUT2D eigenvalue weighted by atomic mass is 9.89. The lowest BCUT2D eigenvalue weighted by Gasteiger charge is -2.33. The summed E-state index contributed by atoms with van der Waals surface area (Å²) in [5.41, 5.74) is 3.55. The number of aromatic nitrogens is 4. The van der Waals surface area contributed by atoms with Gasteiger partial charge in [0, 0.05) is 42.7 Å². The molecule has 3 aromatic rings. The highest BCUT2D eigenvalue weighted by atomic mass is 16.2. The van der Waals surface area contributed by atoms with Crippen LogP contribution in [0.1, 0.15) is 31.4 Å². The van der Waals surface area contributed by atoms with Crippen molar-refractivity contribution in [2.24, 2.45) is 5.92 Å². The monoisotopic (exact) mass is 363 g/mol. The molecule has 0 radical (unpaired) electrons. The largest absolute Gasteiger partial charge is 0.342 e. The third kappa shape index (κ3) is 3.79. The number of carbonyl (C=O) groups excluding carboxylic acids is 1. The molecule has 1 saturated heterocycles. The van der Waals surface area contributed by atoms with Gasteiger partial charge in [0.05, 0.1) is 18.7 Å². The van der Waals surface area contributed by atoms with Gasteiger partial charge in [-0.15, -0.1) is 0 Å². The van der Waals surface area contributed by atoms with Crippen LogP contribution in [-0.2, 0) is 11.3 Å². The lowest BCUT2D eigenvalue weighted by molar-refractivity contribution is -0.136. The lowest BCUT2D eigenvalue weighted by Crippen LogP contribution is -2.41. The van der Waals surface area contributed by atoms with E-state index in [9.17, 15) is 4.79 Å². The Labute approximate surface area is 159 Å². The van der Waals surface area contributed by atoms with Crippen LogP contribution in [0.4, 0.5) is 0 Å². The first kappa shape index (κ1) is 17.5. The van der Waals surface area contributed by atoms with Gasteiger partial charge < -0.3 is 4.90 Å². The summed E-state index contributed by atoms with van der Waals surface area (Å²) in [6.45, 7) is 4.20. The van der Waals surface area contributed by atoms with Crippen LogP contribution in [0.25, 0.3) is 11.1 Å². The number of piperidine rings is 1. The van der Waals surface area contributed by atoms with E-state index in [1.165, 1.54) is 16.8 Å². The van der Waals surface area contributed by atoms with Gasteiger partial charge >= 0.3 is 0 Å². The first-order chi connectivity index (χ1) is 13.2. The Morgan fingerprint density at radius 3 is 2.70 bits per heavy atom. The Morgan fingerprint density at radius 2 is 2.00 bits per heavy atom. The Morgan fingerprint density at radius 1 is 1.22 bits per heavy atom. The second-order valence-corrected chi connectivity index (χ2v) is 7.29. The summed E-state index contributed by atoms with van der Waals surface area (Å²) in [5, 5.41) is 11.7. The highest BCUT2D eigenvalue weighted by Gasteiger charge is 2.28. The number of carbonyl (C=O) groups is 1. The maximum Gasteiger partial charge on any atom is 0.227 e. The van der Waals surface area contributed by atoms with Crippen molar-refractivity contribution >= 4 is 5.91 Å². The number of aromatic amines is 1. The summed E-state index contributed by atoms with van der Waals surface area (Å²) >= 11 is 0. The molecule has 1 fully saturated rings. The molecule has 0 spiro atoms. The van der Waals surface area contributed by atoms with E-state index in [1.807, 2.05) is 53.2 Å². The molecule has 1 N–H and O–H groups in total. The second kappa shape index (κ2) is 7.78. The van der Waals surface area contributed by atoms with Crippen LogP contribution >= 0.6 is 0 Å². The minimum Gasteiger partial charge on any atom is -0.342 e. The first-order valence-corrected chi connectivity index (χ1v) is 9.57. The number of hydrogen-bond acceptors (Lipinski definition) is 3. The summed E-state index contributed by atoms with van der Waals surface area (Å²) < 4.78 is 1.83. The average molecular weight is 363 g/mol. The number of nitrogens with zero attached hydrogens (tertiary/aromatic N) is 4. The number of amides is 1. The standard InChI is InChI=1S/C21H25N5O/c1-16(15-26-11-5-10-23-26)21(27)25-12-8-18(9-13-25)20-19(14-22-24-20)17-6-3-2-4-7-17/h2-7,10-11,14,16,18H,8-9,12-13,15H2,1H3,(H,22,24)/t16-/m0/s1. The predicted molar refractivity (Wildman–Crippen MR) is 104 cm³/mol. The summed E-state index contributed by atoms with van der Waals surface area (Å²) in [7, 11) is 0. The molecule has 6 nitrogen and oxygen atoms in total. The summed E-state index contributed by atoms with van der Waals surface area (Å²) in [5.74, 6) is 0.568. The molecule has 4 rings (SSSR count). The zero-order valence-corrected chi connectivity index (χ0v) is 15.6. The van der Waals surface area contributed by atoms with Gasteiger partial charge in [0.1, 0.15) is 0 Å². The topological polar surface area (TPSA) is 66.8 Å². The molecule has 0 aliphatic carbocycles. The minimum absolute atomic E-state index is 0.0616. The smallest absolute Gasteiger partial charge is 0.227 e. The number of likely N-dealkylation sites (tertiary alicyclic amines) is 1. The molecular formula is C21H25N5O.